The van der Waals surface area contributed by atoms with Crippen LogP contribution >= 0.6 is 11.3 Å². The van der Waals surface area contributed by atoms with Gasteiger partial charge >= 0.3 is 0 Å². The molecule has 0 unspecified atom stereocenters. The van der Waals surface area contributed by atoms with Crippen molar-refractivity contribution in [2.45, 2.75) is 64.0 Å². The molecule has 2 heterocycles. The lowest BCUT2D eigenvalue weighted by Crippen LogP contribution is -2.58. The average molecular weight is 352 g/mol. The van der Waals surface area contributed by atoms with E-state index in [0.29, 0.717) is 25.4 Å². The molecule has 1 aliphatic heterocycles. The molecule has 1 aromatic heterocycles. The number of aliphatic hydroxyl groups is 1. The fourth-order valence-corrected chi connectivity index (χ4v) is 4.58. The molecule has 24 heavy (non-hydrogen) atoms. The van der Waals surface area contributed by atoms with Crippen molar-refractivity contribution in [1.82, 2.24) is 15.2 Å². The van der Waals surface area contributed by atoms with E-state index in [1.54, 1.807) is 11.3 Å². The second-order valence-corrected chi connectivity index (χ2v) is 8.41. The normalized spacial score (nSPS) is 26.1. The zero-order valence-electron chi connectivity index (χ0n) is 14.6. The number of rotatable bonds is 6. The molecule has 6 heteroatoms. The van der Waals surface area contributed by atoms with Crippen LogP contribution in [0.15, 0.2) is 5.38 Å². The quantitative estimate of drug-likeness (QED) is 0.826. The standard InChI is InChI=1S/C18H29N3O2S/c1-14-20-16(12-24-14)10-19-13-18(23)8-5-9-21(17(18)22)11-15-6-3-2-4-7-15/h12,15,19,23H,2-11,13H2,1H3/t18-/m1/s1. The van der Waals surface area contributed by atoms with E-state index in [4.69, 9.17) is 0 Å². The van der Waals surface area contributed by atoms with Gasteiger partial charge in [-0.1, -0.05) is 19.3 Å². The van der Waals surface area contributed by atoms with Gasteiger partial charge in [0.1, 0.15) is 0 Å². The van der Waals surface area contributed by atoms with E-state index in [9.17, 15) is 9.90 Å². The lowest BCUT2D eigenvalue weighted by Gasteiger charge is -2.40. The van der Waals surface area contributed by atoms with Gasteiger partial charge in [0.15, 0.2) is 5.60 Å². The van der Waals surface area contributed by atoms with E-state index in [1.165, 1.54) is 32.1 Å². The molecule has 0 radical (unpaired) electrons. The van der Waals surface area contributed by atoms with Crippen molar-refractivity contribution in [3.63, 3.8) is 0 Å². The zero-order chi connectivity index (χ0) is 17.0. The first-order valence-corrected chi connectivity index (χ1v) is 10.1. The summed E-state index contributed by atoms with van der Waals surface area (Å²) < 4.78 is 0. The highest BCUT2D eigenvalue weighted by atomic mass is 32.1. The minimum atomic E-state index is -1.25. The molecule has 2 aliphatic rings. The van der Waals surface area contributed by atoms with Crippen molar-refractivity contribution in [3.05, 3.63) is 16.1 Å². The number of likely N-dealkylation sites (tertiary alicyclic amines) is 1. The van der Waals surface area contributed by atoms with Crippen molar-refractivity contribution < 1.29 is 9.90 Å². The van der Waals surface area contributed by atoms with Crippen LogP contribution in [0, 0.1) is 12.8 Å². The summed E-state index contributed by atoms with van der Waals surface area (Å²) in [6, 6.07) is 0. The summed E-state index contributed by atoms with van der Waals surface area (Å²) in [5.41, 5.74) is -0.277. The fourth-order valence-electron chi connectivity index (χ4n) is 3.97. The largest absolute Gasteiger partial charge is 0.379 e. The van der Waals surface area contributed by atoms with Crippen molar-refractivity contribution >= 4 is 17.2 Å². The number of carbonyl (C=O) groups is 1. The summed E-state index contributed by atoms with van der Waals surface area (Å²) in [6.07, 6.45) is 7.78. The van der Waals surface area contributed by atoms with Crippen LogP contribution in [0.4, 0.5) is 0 Å². The third-order valence-electron chi connectivity index (χ3n) is 5.30. The van der Waals surface area contributed by atoms with E-state index in [1.807, 2.05) is 17.2 Å². The van der Waals surface area contributed by atoms with Crippen LogP contribution in [-0.2, 0) is 11.3 Å². The second-order valence-electron chi connectivity index (χ2n) is 7.35. The van der Waals surface area contributed by atoms with Crippen molar-refractivity contribution in [2.24, 2.45) is 5.92 Å². The number of nitrogens with zero attached hydrogens (tertiary/aromatic N) is 2. The Kier molecular flexibility index (Phi) is 5.89. The molecule has 0 aromatic carbocycles. The SMILES string of the molecule is Cc1nc(CNC[C@]2(O)CCCN(CC3CCCCC3)C2=O)cs1. The lowest BCUT2D eigenvalue weighted by molar-refractivity contribution is -0.157. The van der Waals surface area contributed by atoms with Gasteiger partial charge in [-0.2, -0.15) is 0 Å². The van der Waals surface area contributed by atoms with Gasteiger partial charge in [0.05, 0.1) is 10.7 Å². The van der Waals surface area contributed by atoms with Gasteiger partial charge < -0.3 is 15.3 Å². The number of nitrogens with one attached hydrogen (secondary N) is 1. The average Bonchev–Trinajstić information content (AvgIpc) is 2.98. The van der Waals surface area contributed by atoms with Crippen LogP contribution in [0.5, 0.6) is 0 Å². The van der Waals surface area contributed by atoms with Crippen LogP contribution in [0.3, 0.4) is 0 Å². The molecular weight excluding hydrogens is 322 g/mol. The molecule has 0 bridgehead atoms. The van der Waals surface area contributed by atoms with Gasteiger partial charge in [0.25, 0.3) is 5.91 Å². The molecular formula is C18H29N3O2S. The van der Waals surface area contributed by atoms with Crippen molar-refractivity contribution in [2.75, 3.05) is 19.6 Å². The fraction of sp³-hybridized carbons (Fsp3) is 0.778. The van der Waals surface area contributed by atoms with Gasteiger partial charge in [0, 0.05) is 31.6 Å². The summed E-state index contributed by atoms with van der Waals surface area (Å²) in [7, 11) is 0. The van der Waals surface area contributed by atoms with E-state index >= 15 is 0 Å². The molecule has 3 rings (SSSR count). The third kappa shape index (κ3) is 4.35. The Morgan fingerprint density at radius 3 is 2.88 bits per heavy atom. The predicted molar refractivity (Wildman–Crippen MR) is 95.9 cm³/mol. The van der Waals surface area contributed by atoms with Gasteiger partial charge in [-0.3, -0.25) is 4.79 Å². The first kappa shape index (κ1) is 17.8. The Labute approximate surface area is 148 Å². The Balaban J connectivity index is 1.52. The van der Waals surface area contributed by atoms with Crippen LogP contribution in [-0.4, -0.2) is 46.1 Å². The monoisotopic (exact) mass is 351 g/mol. The zero-order valence-corrected chi connectivity index (χ0v) is 15.4. The summed E-state index contributed by atoms with van der Waals surface area (Å²) in [6.45, 7) is 4.51. The predicted octanol–water partition coefficient (Wildman–Crippen LogP) is 2.47. The van der Waals surface area contributed by atoms with Crippen molar-refractivity contribution in [3.8, 4) is 0 Å². The molecule has 1 atom stereocenters. The maximum atomic E-state index is 12.8. The maximum absolute atomic E-state index is 12.8. The van der Waals surface area contributed by atoms with Crippen LogP contribution in [0.1, 0.15) is 55.6 Å². The molecule has 1 aromatic rings. The summed E-state index contributed by atoms with van der Waals surface area (Å²) in [4.78, 5) is 19.1. The van der Waals surface area contributed by atoms with Gasteiger partial charge in [-0.05, 0) is 38.5 Å². The third-order valence-corrected chi connectivity index (χ3v) is 6.12. The van der Waals surface area contributed by atoms with Gasteiger partial charge in [-0.15, -0.1) is 11.3 Å². The number of thiazole rings is 1. The van der Waals surface area contributed by atoms with E-state index < -0.39 is 5.60 Å². The minimum absolute atomic E-state index is 0.0821. The Bertz CT molecular complexity index is 556. The first-order chi connectivity index (χ1) is 11.6. The highest BCUT2D eigenvalue weighted by Gasteiger charge is 2.42. The topological polar surface area (TPSA) is 65.5 Å². The highest BCUT2D eigenvalue weighted by molar-refractivity contribution is 7.09. The molecule has 2 fully saturated rings. The molecule has 5 nitrogen and oxygen atoms in total. The Morgan fingerprint density at radius 1 is 1.38 bits per heavy atom. The number of hydrogen-bond acceptors (Lipinski definition) is 5. The first-order valence-electron chi connectivity index (χ1n) is 9.20. The molecule has 1 amide bonds. The summed E-state index contributed by atoms with van der Waals surface area (Å²) in [5, 5.41) is 17.1. The number of piperidine rings is 1. The summed E-state index contributed by atoms with van der Waals surface area (Å²) >= 11 is 1.62. The van der Waals surface area contributed by atoms with E-state index in [-0.39, 0.29) is 5.91 Å². The number of hydrogen-bond donors (Lipinski definition) is 2. The molecule has 1 saturated carbocycles. The highest BCUT2D eigenvalue weighted by Crippen LogP contribution is 2.28. The van der Waals surface area contributed by atoms with Crippen molar-refractivity contribution in [1.29, 1.82) is 0 Å². The van der Waals surface area contributed by atoms with Crippen LogP contribution < -0.4 is 5.32 Å². The van der Waals surface area contributed by atoms with Crippen LogP contribution in [0.2, 0.25) is 0 Å². The molecule has 0 spiro atoms. The molecule has 134 valence electrons. The van der Waals surface area contributed by atoms with Gasteiger partial charge in [-0.25, -0.2) is 4.98 Å². The number of amides is 1. The lowest BCUT2D eigenvalue weighted by atomic mass is 9.86. The molecule has 1 saturated heterocycles. The molecule has 1 aliphatic carbocycles. The van der Waals surface area contributed by atoms with E-state index in [2.05, 4.69) is 10.3 Å². The Hall–Kier alpha value is -0.980. The second kappa shape index (κ2) is 7.93. The number of aryl methyl sites for hydroxylation is 1. The number of aromatic nitrogens is 1. The molecule has 2 N–H and O–H groups in total. The number of carbonyl (C=O) groups excluding carboxylic acids is 1. The Morgan fingerprint density at radius 2 is 2.17 bits per heavy atom. The maximum Gasteiger partial charge on any atom is 0.255 e. The summed E-state index contributed by atoms with van der Waals surface area (Å²) in [5.74, 6) is 0.539. The van der Waals surface area contributed by atoms with Gasteiger partial charge in [0.2, 0.25) is 0 Å². The minimum Gasteiger partial charge on any atom is -0.379 e. The van der Waals surface area contributed by atoms with E-state index in [0.717, 1.165) is 30.2 Å². The smallest absolute Gasteiger partial charge is 0.255 e. The van der Waals surface area contributed by atoms with Crippen LogP contribution in [0.25, 0.3) is 0 Å².